The molecule has 1 saturated heterocycles. The summed E-state index contributed by atoms with van der Waals surface area (Å²) in [4.78, 5) is 17.0. The molecule has 0 aliphatic carbocycles. The lowest BCUT2D eigenvalue weighted by Gasteiger charge is -2.08. The van der Waals surface area contributed by atoms with E-state index >= 15 is 0 Å². The molecule has 1 aliphatic rings. The number of aromatic amines is 1. The van der Waals surface area contributed by atoms with Crippen LogP contribution >= 0.6 is 0 Å². The number of fused-ring (bicyclic) bond motifs is 1. The van der Waals surface area contributed by atoms with Crippen molar-refractivity contribution in [3.05, 3.63) is 58.0 Å². The molecule has 3 heterocycles. The van der Waals surface area contributed by atoms with Gasteiger partial charge in [-0.1, -0.05) is 24.3 Å². The van der Waals surface area contributed by atoms with E-state index in [1.807, 2.05) is 24.3 Å². The van der Waals surface area contributed by atoms with Gasteiger partial charge in [-0.3, -0.25) is 9.89 Å². The summed E-state index contributed by atoms with van der Waals surface area (Å²) in [7, 11) is 0. The first kappa shape index (κ1) is 13.3. The Balaban J connectivity index is 1.85. The van der Waals surface area contributed by atoms with Crippen molar-refractivity contribution in [2.75, 3.05) is 6.54 Å². The molecule has 0 amide bonds. The van der Waals surface area contributed by atoms with Gasteiger partial charge in [-0.05, 0) is 31.9 Å². The van der Waals surface area contributed by atoms with E-state index < -0.39 is 0 Å². The molecule has 0 bridgehead atoms. The van der Waals surface area contributed by atoms with Crippen LogP contribution in [-0.2, 0) is 0 Å². The Morgan fingerprint density at radius 1 is 1.27 bits per heavy atom. The quantitative estimate of drug-likeness (QED) is 0.763. The number of aromatic nitrogens is 3. The maximum Gasteiger partial charge on any atom is 0.272 e. The lowest BCUT2D eigenvalue weighted by molar-refractivity contribution is 0.625. The van der Waals surface area contributed by atoms with Crippen molar-refractivity contribution in [2.24, 2.45) is 0 Å². The first-order valence-electron chi connectivity index (χ1n) is 7.64. The van der Waals surface area contributed by atoms with Crippen LogP contribution in [0.1, 0.15) is 30.1 Å². The summed E-state index contributed by atoms with van der Waals surface area (Å²) in [5.41, 5.74) is 4.63. The van der Waals surface area contributed by atoms with Gasteiger partial charge < -0.3 is 5.32 Å². The van der Waals surface area contributed by atoms with Crippen LogP contribution in [0.2, 0.25) is 0 Å². The molecule has 1 unspecified atom stereocenters. The maximum absolute atomic E-state index is 12.3. The van der Waals surface area contributed by atoms with E-state index in [2.05, 4.69) is 28.4 Å². The van der Waals surface area contributed by atoms with Crippen molar-refractivity contribution in [1.82, 2.24) is 19.9 Å². The van der Waals surface area contributed by atoms with Crippen LogP contribution in [0.4, 0.5) is 0 Å². The SMILES string of the molecule is Cc1ccccc1-c1cc2nc(C3CCCN3)cc(=O)n2[nH]1. The highest BCUT2D eigenvalue weighted by Crippen LogP contribution is 2.24. The molecule has 0 spiro atoms. The zero-order valence-electron chi connectivity index (χ0n) is 12.5. The molecule has 2 aromatic heterocycles. The number of H-pyrrole nitrogens is 1. The second-order valence-electron chi connectivity index (χ2n) is 5.85. The standard InChI is InChI=1S/C17H18N4O/c1-11-5-2-3-6-12(11)14-9-16-19-15(13-7-4-8-18-13)10-17(22)21(16)20-14/h2-3,5-6,9-10,13,18,20H,4,7-8H2,1H3. The van der Waals surface area contributed by atoms with Crippen LogP contribution in [0.5, 0.6) is 0 Å². The molecule has 0 radical (unpaired) electrons. The summed E-state index contributed by atoms with van der Waals surface area (Å²) in [6.45, 7) is 3.05. The summed E-state index contributed by atoms with van der Waals surface area (Å²) in [6.07, 6.45) is 2.17. The average molecular weight is 294 g/mol. The molecule has 22 heavy (non-hydrogen) atoms. The Morgan fingerprint density at radius 2 is 2.14 bits per heavy atom. The van der Waals surface area contributed by atoms with E-state index in [9.17, 15) is 4.79 Å². The zero-order chi connectivity index (χ0) is 15.1. The second kappa shape index (κ2) is 5.10. The number of aryl methyl sites for hydroxylation is 1. The van der Waals surface area contributed by atoms with Crippen molar-refractivity contribution in [2.45, 2.75) is 25.8 Å². The van der Waals surface area contributed by atoms with Crippen molar-refractivity contribution in [1.29, 1.82) is 0 Å². The highest BCUT2D eigenvalue weighted by molar-refractivity contribution is 5.67. The predicted octanol–water partition coefficient (Wildman–Crippen LogP) is 2.42. The number of nitrogens with zero attached hydrogens (tertiary/aromatic N) is 2. The molecule has 1 fully saturated rings. The van der Waals surface area contributed by atoms with Gasteiger partial charge in [0.25, 0.3) is 5.56 Å². The third-order valence-electron chi connectivity index (χ3n) is 4.32. The zero-order valence-corrected chi connectivity index (χ0v) is 12.5. The Kier molecular flexibility index (Phi) is 3.08. The molecule has 1 aromatic carbocycles. The second-order valence-corrected chi connectivity index (χ2v) is 5.85. The van der Waals surface area contributed by atoms with Crippen LogP contribution in [0.15, 0.2) is 41.2 Å². The average Bonchev–Trinajstić information content (AvgIpc) is 3.17. The molecular weight excluding hydrogens is 276 g/mol. The van der Waals surface area contributed by atoms with Gasteiger partial charge in [0.15, 0.2) is 5.65 Å². The fourth-order valence-corrected chi connectivity index (χ4v) is 3.14. The van der Waals surface area contributed by atoms with E-state index in [0.717, 1.165) is 36.3 Å². The lowest BCUT2D eigenvalue weighted by atomic mass is 10.1. The maximum atomic E-state index is 12.3. The number of rotatable bonds is 2. The molecule has 5 nitrogen and oxygen atoms in total. The summed E-state index contributed by atoms with van der Waals surface area (Å²) < 4.78 is 1.51. The Bertz CT molecular complexity index is 887. The first-order valence-corrected chi connectivity index (χ1v) is 7.64. The summed E-state index contributed by atoms with van der Waals surface area (Å²) in [5, 5.41) is 6.55. The van der Waals surface area contributed by atoms with Gasteiger partial charge in [0.2, 0.25) is 0 Å². The molecule has 3 aromatic rings. The number of hydrogen-bond acceptors (Lipinski definition) is 3. The van der Waals surface area contributed by atoms with Crippen molar-refractivity contribution >= 4 is 5.65 Å². The highest BCUT2D eigenvalue weighted by Gasteiger charge is 2.19. The highest BCUT2D eigenvalue weighted by atomic mass is 16.1. The summed E-state index contributed by atoms with van der Waals surface area (Å²) in [5.74, 6) is 0. The molecule has 112 valence electrons. The fourth-order valence-electron chi connectivity index (χ4n) is 3.14. The van der Waals surface area contributed by atoms with Gasteiger partial charge in [0.1, 0.15) is 0 Å². The first-order chi connectivity index (χ1) is 10.7. The molecule has 4 rings (SSSR count). The van der Waals surface area contributed by atoms with E-state index in [-0.39, 0.29) is 11.6 Å². The van der Waals surface area contributed by atoms with Gasteiger partial charge >= 0.3 is 0 Å². The van der Waals surface area contributed by atoms with E-state index in [0.29, 0.717) is 5.65 Å². The summed E-state index contributed by atoms with van der Waals surface area (Å²) >= 11 is 0. The van der Waals surface area contributed by atoms with Crippen molar-refractivity contribution in [3.63, 3.8) is 0 Å². The largest absolute Gasteiger partial charge is 0.309 e. The Hall–Kier alpha value is -2.40. The molecule has 2 N–H and O–H groups in total. The minimum atomic E-state index is -0.0615. The normalized spacial score (nSPS) is 18.1. The van der Waals surface area contributed by atoms with E-state index in [1.54, 1.807) is 6.07 Å². The van der Waals surface area contributed by atoms with Crippen molar-refractivity contribution < 1.29 is 0 Å². The van der Waals surface area contributed by atoms with Crippen LogP contribution in [0.3, 0.4) is 0 Å². The third-order valence-corrected chi connectivity index (χ3v) is 4.32. The fraction of sp³-hybridized carbons (Fsp3) is 0.294. The number of benzene rings is 1. The Morgan fingerprint density at radius 3 is 2.91 bits per heavy atom. The van der Waals surface area contributed by atoms with Gasteiger partial charge in [0.05, 0.1) is 11.4 Å². The summed E-state index contributed by atoms with van der Waals surface area (Å²) in [6, 6.07) is 11.9. The minimum absolute atomic E-state index is 0.0615. The monoisotopic (exact) mass is 294 g/mol. The van der Waals surface area contributed by atoms with Crippen molar-refractivity contribution in [3.8, 4) is 11.3 Å². The molecule has 5 heteroatoms. The van der Waals surface area contributed by atoms with E-state index in [1.165, 1.54) is 10.1 Å². The Labute approximate surface area is 128 Å². The minimum Gasteiger partial charge on any atom is -0.309 e. The van der Waals surface area contributed by atoms with Gasteiger partial charge in [-0.15, -0.1) is 0 Å². The van der Waals surface area contributed by atoms with Gasteiger partial charge in [-0.2, -0.15) is 0 Å². The molecular formula is C17H18N4O. The van der Waals surface area contributed by atoms with Crippen LogP contribution < -0.4 is 10.9 Å². The number of nitrogens with one attached hydrogen (secondary N) is 2. The van der Waals surface area contributed by atoms with Gasteiger partial charge in [0, 0.05) is 23.7 Å². The van der Waals surface area contributed by atoms with Crippen LogP contribution in [-0.4, -0.2) is 21.1 Å². The van der Waals surface area contributed by atoms with Crippen LogP contribution in [0, 0.1) is 6.92 Å². The molecule has 1 aliphatic heterocycles. The van der Waals surface area contributed by atoms with Crippen LogP contribution in [0.25, 0.3) is 16.9 Å². The smallest absolute Gasteiger partial charge is 0.272 e. The topological polar surface area (TPSA) is 62.2 Å². The lowest BCUT2D eigenvalue weighted by Crippen LogP contribution is -2.20. The number of hydrogen-bond donors (Lipinski definition) is 2. The van der Waals surface area contributed by atoms with E-state index in [4.69, 9.17) is 0 Å². The van der Waals surface area contributed by atoms with Gasteiger partial charge in [-0.25, -0.2) is 9.50 Å². The predicted molar refractivity (Wildman–Crippen MR) is 86.0 cm³/mol. The molecule has 1 atom stereocenters. The third kappa shape index (κ3) is 2.14. The molecule has 0 saturated carbocycles.